The van der Waals surface area contributed by atoms with Crippen LogP contribution in [0.1, 0.15) is 31.2 Å². The third-order valence-corrected chi connectivity index (χ3v) is 5.23. The van der Waals surface area contributed by atoms with E-state index >= 15 is 0 Å². The van der Waals surface area contributed by atoms with Gasteiger partial charge in [0.2, 0.25) is 0 Å². The number of carbonyl (C=O) groups is 1. The van der Waals surface area contributed by atoms with Crippen LogP contribution in [0.3, 0.4) is 0 Å². The van der Waals surface area contributed by atoms with Gasteiger partial charge in [-0.05, 0) is 46.9 Å². The Balaban J connectivity index is 1.80. The van der Waals surface area contributed by atoms with E-state index in [9.17, 15) is 4.79 Å². The van der Waals surface area contributed by atoms with Crippen molar-refractivity contribution in [2.75, 3.05) is 7.11 Å². The molecule has 0 radical (unpaired) electrons. The van der Waals surface area contributed by atoms with Gasteiger partial charge < -0.3 is 4.74 Å². The van der Waals surface area contributed by atoms with Crippen LogP contribution < -0.4 is 4.74 Å². The maximum absolute atomic E-state index is 12.2. The van der Waals surface area contributed by atoms with Gasteiger partial charge in [0.05, 0.1) is 7.11 Å². The average molecular weight is 300 g/mol. The molecule has 1 aliphatic heterocycles. The first-order chi connectivity index (χ1) is 10.3. The Kier molecular flexibility index (Phi) is 4.49. The van der Waals surface area contributed by atoms with Crippen molar-refractivity contribution < 1.29 is 9.53 Å². The zero-order chi connectivity index (χ0) is 14.7. The molecule has 0 saturated heterocycles. The number of methoxy groups -OCH3 is 1. The van der Waals surface area contributed by atoms with Crippen LogP contribution >= 0.6 is 11.8 Å². The fraction of sp³-hybridized carbons (Fsp3) is 0.389. The van der Waals surface area contributed by atoms with Crippen molar-refractivity contribution in [2.45, 2.75) is 25.7 Å². The molecule has 110 valence electrons. The minimum atomic E-state index is 0.189. The number of ketones is 1. The Morgan fingerprint density at radius 2 is 2.05 bits per heavy atom. The first-order valence-corrected chi connectivity index (χ1v) is 8.37. The fourth-order valence-corrected chi connectivity index (χ4v) is 4.10. The van der Waals surface area contributed by atoms with Crippen LogP contribution in [0.2, 0.25) is 0 Å². The van der Waals surface area contributed by atoms with Crippen molar-refractivity contribution in [3.63, 3.8) is 0 Å². The number of hydrogen-bond donors (Lipinski definition) is 0. The van der Waals surface area contributed by atoms with E-state index in [0.29, 0.717) is 5.78 Å². The number of Topliss-reactive ketones (excluding diaryl/α,β-unsaturated/α-hetero) is 1. The minimum absolute atomic E-state index is 0.189. The van der Waals surface area contributed by atoms with Gasteiger partial charge in [-0.2, -0.15) is 0 Å². The summed E-state index contributed by atoms with van der Waals surface area (Å²) in [5.74, 6) is 1.78. The first-order valence-electron chi connectivity index (χ1n) is 7.49. The van der Waals surface area contributed by atoms with Crippen molar-refractivity contribution in [1.82, 2.24) is 0 Å². The summed E-state index contributed by atoms with van der Waals surface area (Å²) in [6.45, 7) is 0. The normalized spacial score (nSPS) is 27.3. The lowest BCUT2D eigenvalue weighted by Gasteiger charge is -2.26. The third kappa shape index (κ3) is 3.24. The van der Waals surface area contributed by atoms with E-state index in [1.54, 1.807) is 18.9 Å². The summed E-state index contributed by atoms with van der Waals surface area (Å²) < 4.78 is 5.19. The van der Waals surface area contributed by atoms with E-state index in [-0.39, 0.29) is 11.8 Å². The average Bonchev–Trinajstić information content (AvgIpc) is 2.96. The van der Waals surface area contributed by atoms with Gasteiger partial charge in [-0.15, -0.1) is 11.8 Å². The number of allylic oxidation sites excluding steroid dienone is 2. The van der Waals surface area contributed by atoms with E-state index in [1.165, 1.54) is 11.3 Å². The Morgan fingerprint density at radius 1 is 1.24 bits per heavy atom. The molecule has 2 nitrogen and oxygen atoms in total. The molecule has 2 atom stereocenters. The first kappa shape index (κ1) is 14.5. The van der Waals surface area contributed by atoms with Crippen molar-refractivity contribution in [2.24, 2.45) is 11.8 Å². The van der Waals surface area contributed by atoms with Gasteiger partial charge >= 0.3 is 0 Å². The number of carbonyl (C=O) groups excluding carboxylic acids is 1. The molecule has 3 heteroatoms. The summed E-state index contributed by atoms with van der Waals surface area (Å²) in [4.78, 5) is 13.5. The summed E-state index contributed by atoms with van der Waals surface area (Å²) in [7, 11) is 1.68. The predicted octanol–water partition coefficient (Wildman–Crippen LogP) is 4.67. The topological polar surface area (TPSA) is 26.3 Å². The van der Waals surface area contributed by atoms with Gasteiger partial charge in [0.1, 0.15) is 11.5 Å². The second-order valence-corrected chi connectivity index (χ2v) is 6.59. The zero-order valence-corrected chi connectivity index (χ0v) is 13.1. The second-order valence-electron chi connectivity index (χ2n) is 5.61. The van der Waals surface area contributed by atoms with Crippen molar-refractivity contribution >= 4 is 23.6 Å². The molecular weight excluding hydrogens is 280 g/mol. The molecule has 1 saturated carbocycles. The van der Waals surface area contributed by atoms with Crippen molar-refractivity contribution in [3.05, 3.63) is 46.2 Å². The number of benzene rings is 1. The molecule has 1 heterocycles. The van der Waals surface area contributed by atoms with Crippen LogP contribution in [0, 0.1) is 11.8 Å². The molecular formula is C18H20O2S. The molecule has 1 fully saturated rings. The Hall–Kier alpha value is -1.48. The van der Waals surface area contributed by atoms with Gasteiger partial charge in [-0.25, -0.2) is 0 Å². The van der Waals surface area contributed by atoms with Gasteiger partial charge in [0.25, 0.3) is 0 Å². The maximum atomic E-state index is 12.2. The highest BCUT2D eigenvalue weighted by Gasteiger charge is 2.32. The molecule has 0 aromatic heterocycles. The molecule has 1 aromatic rings. The summed E-state index contributed by atoms with van der Waals surface area (Å²) >= 11 is 1.75. The number of hydrogen-bond acceptors (Lipinski definition) is 3. The number of ether oxygens (including phenoxy) is 1. The van der Waals surface area contributed by atoms with Gasteiger partial charge in [-0.1, -0.05) is 24.6 Å². The van der Waals surface area contributed by atoms with E-state index in [2.05, 4.69) is 29.7 Å². The van der Waals surface area contributed by atoms with Gasteiger partial charge in [-0.3, -0.25) is 4.79 Å². The third-order valence-electron chi connectivity index (χ3n) is 4.28. The van der Waals surface area contributed by atoms with Crippen LogP contribution in [0.4, 0.5) is 0 Å². The monoisotopic (exact) mass is 300 g/mol. The van der Waals surface area contributed by atoms with E-state index in [0.717, 1.165) is 30.6 Å². The standard InChI is InChI=1S/C18H20O2S/c1-20-14-8-6-13(7-9-14)12-18-16(10-11-21-18)15-4-2-3-5-17(15)19/h6-12,15-16H,2-5H2,1H3. The summed E-state index contributed by atoms with van der Waals surface area (Å²) in [6, 6.07) is 8.06. The van der Waals surface area contributed by atoms with E-state index in [4.69, 9.17) is 4.74 Å². The largest absolute Gasteiger partial charge is 0.497 e. The minimum Gasteiger partial charge on any atom is -0.497 e. The molecule has 0 N–H and O–H groups in total. The molecule has 1 aliphatic carbocycles. The Bertz CT molecular complexity index is 571. The lowest BCUT2D eigenvalue weighted by Crippen LogP contribution is -2.25. The second kappa shape index (κ2) is 6.52. The van der Waals surface area contributed by atoms with Crippen LogP contribution in [0.25, 0.3) is 6.08 Å². The van der Waals surface area contributed by atoms with E-state index in [1.807, 2.05) is 12.1 Å². The lowest BCUT2D eigenvalue weighted by molar-refractivity contribution is -0.125. The highest BCUT2D eigenvalue weighted by Crippen LogP contribution is 2.43. The summed E-state index contributed by atoms with van der Waals surface area (Å²) in [6.07, 6.45) is 8.45. The Morgan fingerprint density at radius 3 is 2.76 bits per heavy atom. The van der Waals surface area contributed by atoms with Crippen LogP contribution in [0.15, 0.2) is 40.7 Å². The molecule has 0 amide bonds. The van der Waals surface area contributed by atoms with Crippen molar-refractivity contribution in [3.8, 4) is 5.75 Å². The Labute approximate surface area is 130 Å². The maximum Gasteiger partial charge on any atom is 0.136 e. The van der Waals surface area contributed by atoms with Crippen LogP contribution in [-0.2, 0) is 4.79 Å². The zero-order valence-electron chi connectivity index (χ0n) is 12.2. The van der Waals surface area contributed by atoms with Gasteiger partial charge in [0, 0.05) is 18.3 Å². The summed E-state index contributed by atoms with van der Waals surface area (Å²) in [5.41, 5.74) is 1.16. The smallest absolute Gasteiger partial charge is 0.136 e. The molecule has 0 spiro atoms. The molecule has 0 bridgehead atoms. The van der Waals surface area contributed by atoms with Crippen LogP contribution in [0.5, 0.6) is 5.75 Å². The molecule has 21 heavy (non-hydrogen) atoms. The van der Waals surface area contributed by atoms with Crippen LogP contribution in [-0.4, -0.2) is 12.9 Å². The SMILES string of the molecule is COc1ccc(C=C2SC=CC2C2CCCCC2=O)cc1. The molecule has 3 rings (SSSR count). The quantitative estimate of drug-likeness (QED) is 0.811. The van der Waals surface area contributed by atoms with Crippen molar-refractivity contribution in [1.29, 1.82) is 0 Å². The number of rotatable bonds is 3. The molecule has 1 aromatic carbocycles. The number of thioether (sulfide) groups is 1. The highest BCUT2D eigenvalue weighted by atomic mass is 32.2. The molecule has 2 unspecified atom stereocenters. The highest BCUT2D eigenvalue weighted by molar-refractivity contribution is 8.06. The van der Waals surface area contributed by atoms with Gasteiger partial charge in [0.15, 0.2) is 0 Å². The predicted molar refractivity (Wildman–Crippen MR) is 88.2 cm³/mol. The lowest BCUT2D eigenvalue weighted by atomic mass is 9.78. The molecule has 2 aliphatic rings. The van der Waals surface area contributed by atoms with E-state index < -0.39 is 0 Å². The summed E-state index contributed by atoms with van der Waals surface area (Å²) in [5, 5.41) is 2.13. The fourth-order valence-electron chi connectivity index (χ4n) is 3.09.